The van der Waals surface area contributed by atoms with E-state index in [1.807, 2.05) is 0 Å². The summed E-state index contributed by atoms with van der Waals surface area (Å²) >= 11 is 0. The van der Waals surface area contributed by atoms with Gasteiger partial charge in [0.25, 0.3) is 0 Å². The fourth-order valence-corrected chi connectivity index (χ4v) is 2.84. The average Bonchev–Trinajstić information content (AvgIpc) is 2.48. The van der Waals surface area contributed by atoms with Gasteiger partial charge < -0.3 is 5.11 Å². The van der Waals surface area contributed by atoms with E-state index >= 15 is 0 Å². The van der Waals surface area contributed by atoms with Crippen molar-refractivity contribution >= 4 is 27.0 Å². The highest BCUT2D eigenvalue weighted by molar-refractivity contribution is 7.90. The van der Waals surface area contributed by atoms with Gasteiger partial charge in [-0.2, -0.15) is 0 Å². The van der Waals surface area contributed by atoms with Crippen molar-refractivity contribution in [1.82, 2.24) is 0 Å². The first-order valence-corrected chi connectivity index (χ1v) is 8.60. The Morgan fingerprint density at radius 3 is 1.87 bits per heavy atom. The normalized spacial score (nSPS) is 12.7. The molecule has 2 aromatic carbocycles. The van der Waals surface area contributed by atoms with E-state index in [9.17, 15) is 22.7 Å². The second-order valence-corrected chi connectivity index (χ2v) is 7.12. The summed E-state index contributed by atoms with van der Waals surface area (Å²) in [6, 6.07) is 11.1. The summed E-state index contributed by atoms with van der Waals surface area (Å²) in [4.78, 5) is 11.7. The van der Waals surface area contributed by atoms with E-state index < -0.39 is 21.6 Å². The molecule has 2 aromatic rings. The molecule has 0 aromatic heterocycles. The highest BCUT2D eigenvalue weighted by atomic mass is 32.2. The predicted octanol–water partition coefficient (Wildman–Crippen LogP) is 3.24. The van der Waals surface area contributed by atoms with E-state index in [-0.39, 0.29) is 10.5 Å². The molecule has 0 bridgehead atoms. The molecule has 0 unspecified atom stereocenters. The summed E-state index contributed by atoms with van der Waals surface area (Å²) in [7, 11) is -3.31. The van der Waals surface area contributed by atoms with Crippen molar-refractivity contribution in [2.45, 2.75) is 11.8 Å². The van der Waals surface area contributed by atoms with Gasteiger partial charge in [0, 0.05) is 6.26 Å². The summed E-state index contributed by atoms with van der Waals surface area (Å²) in [6.07, 6.45) is 1.10. The summed E-state index contributed by atoms with van der Waals surface area (Å²) in [5, 5.41) is 9.46. The lowest BCUT2D eigenvalue weighted by Gasteiger charge is -2.10. The van der Waals surface area contributed by atoms with E-state index in [2.05, 4.69) is 0 Å². The Balaban J connectivity index is 2.55. The van der Waals surface area contributed by atoms with Gasteiger partial charge in [-0.25, -0.2) is 17.6 Å². The molecule has 23 heavy (non-hydrogen) atoms. The van der Waals surface area contributed by atoms with Crippen LogP contribution in [-0.2, 0) is 14.6 Å². The molecule has 0 atom stereocenters. The number of halogens is 1. The fraction of sp³-hybridized carbons (Fsp3) is 0.118. The van der Waals surface area contributed by atoms with Crippen LogP contribution in [-0.4, -0.2) is 25.7 Å². The van der Waals surface area contributed by atoms with Crippen LogP contribution in [0.25, 0.3) is 11.1 Å². The summed E-state index contributed by atoms with van der Waals surface area (Å²) < 4.78 is 35.9. The molecule has 0 saturated carbocycles. The van der Waals surface area contributed by atoms with Crippen molar-refractivity contribution in [2.75, 3.05) is 6.26 Å². The Labute approximate surface area is 133 Å². The van der Waals surface area contributed by atoms with Crippen molar-refractivity contribution in [2.24, 2.45) is 0 Å². The van der Waals surface area contributed by atoms with Gasteiger partial charge in [0.1, 0.15) is 5.82 Å². The van der Waals surface area contributed by atoms with Crippen LogP contribution in [0.5, 0.6) is 0 Å². The molecule has 0 spiro atoms. The highest BCUT2D eigenvalue weighted by Crippen LogP contribution is 2.27. The van der Waals surface area contributed by atoms with Crippen LogP contribution in [0, 0.1) is 5.82 Å². The largest absolute Gasteiger partial charge is 0.478 e. The first-order chi connectivity index (χ1) is 10.7. The number of rotatable bonds is 4. The number of hydrogen-bond donors (Lipinski definition) is 1. The molecule has 6 heteroatoms. The number of sulfone groups is 1. The number of benzene rings is 2. The lowest BCUT2D eigenvalue weighted by Crippen LogP contribution is -2.03. The molecular formula is C17H15FO4S. The van der Waals surface area contributed by atoms with Crippen LogP contribution in [0.2, 0.25) is 0 Å². The Kier molecular flexibility index (Phi) is 4.65. The maximum atomic E-state index is 13.0. The van der Waals surface area contributed by atoms with Crippen LogP contribution >= 0.6 is 0 Å². The van der Waals surface area contributed by atoms with Crippen molar-refractivity contribution in [1.29, 1.82) is 0 Å². The third-order valence-corrected chi connectivity index (χ3v) is 4.57. The topological polar surface area (TPSA) is 71.4 Å². The molecule has 120 valence electrons. The SMILES string of the molecule is C/C(=C(\C(=O)O)c1ccc(F)cc1)c1ccc(S(C)(=O)=O)cc1. The van der Waals surface area contributed by atoms with E-state index in [4.69, 9.17) is 0 Å². The quantitative estimate of drug-likeness (QED) is 0.688. The number of carboxylic acid groups (broad SMARTS) is 1. The third-order valence-electron chi connectivity index (χ3n) is 3.44. The fourth-order valence-electron chi connectivity index (χ4n) is 2.21. The Morgan fingerprint density at radius 1 is 0.957 bits per heavy atom. The van der Waals surface area contributed by atoms with E-state index in [0.29, 0.717) is 16.7 Å². The predicted molar refractivity (Wildman–Crippen MR) is 86.1 cm³/mol. The number of carbonyl (C=O) groups is 1. The first kappa shape index (κ1) is 16.9. The number of carboxylic acids is 1. The maximum Gasteiger partial charge on any atom is 0.336 e. The van der Waals surface area contributed by atoms with Crippen LogP contribution in [0.3, 0.4) is 0 Å². The molecule has 0 heterocycles. The molecule has 0 saturated heterocycles. The van der Waals surface area contributed by atoms with Gasteiger partial charge in [-0.15, -0.1) is 0 Å². The molecule has 1 N–H and O–H groups in total. The number of allylic oxidation sites excluding steroid dienone is 1. The van der Waals surface area contributed by atoms with Crippen molar-refractivity contribution < 1.29 is 22.7 Å². The minimum absolute atomic E-state index is 0.0390. The maximum absolute atomic E-state index is 13.0. The summed E-state index contributed by atoms with van der Waals surface area (Å²) in [5.74, 6) is -1.59. The average molecular weight is 334 g/mol. The zero-order chi connectivity index (χ0) is 17.2. The Hall–Kier alpha value is -2.47. The molecule has 0 amide bonds. The molecule has 0 aliphatic heterocycles. The number of hydrogen-bond acceptors (Lipinski definition) is 3. The minimum atomic E-state index is -3.31. The molecule has 0 radical (unpaired) electrons. The zero-order valence-electron chi connectivity index (χ0n) is 12.6. The van der Waals surface area contributed by atoms with E-state index in [0.717, 1.165) is 6.26 Å². The number of aliphatic carboxylic acids is 1. The van der Waals surface area contributed by atoms with Gasteiger partial charge in [0.15, 0.2) is 9.84 Å². The van der Waals surface area contributed by atoms with Crippen molar-refractivity contribution in [3.05, 3.63) is 65.5 Å². The zero-order valence-corrected chi connectivity index (χ0v) is 13.4. The standard InChI is InChI=1S/C17H15FO4S/c1-11(12-5-9-15(10-6-12)23(2,21)22)16(17(19)20)13-3-7-14(18)8-4-13/h3-10H,1-2H3,(H,19,20)/b16-11+. The van der Waals surface area contributed by atoms with E-state index in [1.54, 1.807) is 19.1 Å². The van der Waals surface area contributed by atoms with Gasteiger partial charge in [-0.1, -0.05) is 24.3 Å². The molecule has 2 rings (SSSR count). The monoisotopic (exact) mass is 334 g/mol. The summed E-state index contributed by atoms with van der Waals surface area (Å²) in [5.41, 5.74) is 1.46. The van der Waals surface area contributed by atoms with Crippen LogP contribution < -0.4 is 0 Å². The smallest absolute Gasteiger partial charge is 0.336 e. The lowest BCUT2D eigenvalue weighted by atomic mass is 9.96. The first-order valence-electron chi connectivity index (χ1n) is 6.71. The lowest BCUT2D eigenvalue weighted by molar-refractivity contribution is -0.130. The molecule has 0 fully saturated rings. The second-order valence-electron chi connectivity index (χ2n) is 5.11. The van der Waals surface area contributed by atoms with Gasteiger partial charge in [0.05, 0.1) is 10.5 Å². The van der Waals surface area contributed by atoms with Crippen molar-refractivity contribution in [3.63, 3.8) is 0 Å². The van der Waals surface area contributed by atoms with Gasteiger partial charge in [-0.3, -0.25) is 0 Å². The van der Waals surface area contributed by atoms with Crippen LogP contribution in [0.15, 0.2) is 53.4 Å². The molecule has 0 aliphatic carbocycles. The van der Waals surface area contributed by atoms with Gasteiger partial charge in [0.2, 0.25) is 0 Å². The minimum Gasteiger partial charge on any atom is -0.478 e. The van der Waals surface area contributed by atoms with Crippen molar-refractivity contribution in [3.8, 4) is 0 Å². The van der Waals surface area contributed by atoms with E-state index in [1.165, 1.54) is 36.4 Å². The highest BCUT2D eigenvalue weighted by Gasteiger charge is 2.16. The second kappa shape index (κ2) is 6.34. The van der Waals surface area contributed by atoms with Gasteiger partial charge in [-0.05, 0) is 47.9 Å². The summed E-state index contributed by atoms with van der Waals surface area (Å²) in [6.45, 7) is 1.63. The van der Waals surface area contributed by atoms with Crippen LogP contribution in [0.1, 0.15) is 18.1 Å². The molecule has 4 nitrogen and oxygen atoms in total. The Morgan fingerprint density at radius 2 is 1.43 bits per heavy atom. The molecule has 0 aliphatic rings. The van der Waals surface area contributed by atoms with Crippen LogP contribution in [0.4, 0.5) is 4.39 Å². The van der Waals surface area contributed by atoms with Gasteiger partial charge >= 0.3 is 5.97 Å². The molecular weight excluding hydrogens is 319 g/mol. The Bertz CT molecular complexity index is 864. The third kappa shape index (κ3) is 3.84.